The molecule has 1 aliphatic heterocycles. The van der Waals surface area contributed by atoms with Gasteiger partial charge in [0, 0.05) is 24.2 Å². The van der Waals surface area contributed by atoms with E-state index in [1.165, 1.54) is 13.8 Å². The molecule has 0 bridgehead atoms. The second kappa shape index (κ2) is 8.71. The maximum Gasteiger partial charge on any atom is 0.356 e. The van der Waals surface area contributed by atoms with Gasteiger partial charge in [-0.15, -0.1) is 0 Å². The zero-order chi connectivity index (χ0) is 21.3. The third-order valence-corrected chi connectivity index (χ3v) is 6.87. The lowest BCUT2D eigenvalue weighted by Gasteiger charge is -2.34. The molecule has 2 rings (SSSR count). The first kappa shape index (κ1) is 23.2. The summed E-state index contributed by atoms with van der Waals surface area (Å²) in [4.78, 5) is 23.4. The van der Waals surface area contributed by atoms with Gasteiger partial charge in [0.1, 0.15) is 24.1 Å². The van der Waals surface area contributed by atoms with Gasteiger partial charge in [-0.3, -0.25) is 9.36 Å². The van der Waals surface area contributed by atoms with Crippen molar-refractivity contribution in [1.29, 1.82) is 0 Å². The molecule has 9 nitrogen and oxygen atoms in total. The fourth-order valence-electron chi connectivity index (χ4n) is 3.13. The van der Waals surface area contributed by atoms with Crippen LogP contribution in [-0.4, -0.2) is 55.0 Å². The van der Waals surface area contributed by atoms with Crippen molar-refractivity contribution >= 4 is 7.60 Å². The summed E-state index contributed by atoms with van der Waals surface area (Å²) in [7, 11) is -4.34. The Kier molecular flexibility index (Phi) is 7.20. The van der Waals surface area contributed by atoms with E-state index in [4.69, 9.17) is 9.26 Å². The lowest BCUT2D eigenvalue weighted by atomic mass is 9.92. The first-order valence-electron chi connectivity index (χ1n) is 9.05. The normalized spacial score (nSPS) is 30.6. The quantitative estimate of drug-likeness (QED) is 0.391. The third kappa shape index (κ3) is 4.88. The second-order valence-electron chi connectivity index (χ2n) is 7.23. The van der Waals surface area contributed by atoms with E-state index in [9.17, 15) is 34.0 Å². The molecule has 1 aliphatic rings. The van der Waals surface area contributed by atoms with Crippen molar-refractivity contribution in [3.8, 4) is 0 Å². The molecular formula is C17H27FNO8P. The molecule has 4 unspecified atom stereocenters. The van der Waals surface area contributed by atoms with E-state index in [0.717, 1.165) is 6.20 Å². The van der Waals surface area contributed by atoms with E-state index < -0.39 is 54.8 Å². The van der Waals surface area contributed by atoms with E-state index in [0.29, 0.717) is 6.07 Å². The Labute approximate surface area is 161 Å². The number of hydrogen-bond donors (Lipinski definition) is 5. The van der Waals surface area contributed by atoms with Crippen LogP contribution < -0.4 is 5.56 Å². The van der Waals surface area contributed by atoms with Gasteiger partial charge in [-0.25, -0.2) is 4.39 Å². The highest BCUT2D eigenvalue weighted by Crippen LogP contribution is 2.53. The molecule has 1 aromatic heterocycles. The van der Waals surface area contributed by atoms with E-state index in [2.05, 4.69) is 4.98 Å². The molecule has 0 saturated carbocycles. The van der Waals surface area contributed by atoms with Gasteiger partial charge >= 0.3 is 7.60 Å². The fraction of sp³-hybridized carbons (Fsp3) is 0.706. The molecule has 0 spiro atoms. The Morgan fingerprint density at radius 3 is 2.57 bits per heavy atom. The molecule has 1 fully saturated rings. The maximum atomic E-state index is 14.1. The molecule has 11 heteroatoms. The molecule has 5 N–H and O–H groups in total. The van der Waals surface area contributed by atoms with Crippen LogP contribution in [0.15, 0.2) is 17.1 Å². The van der Waals surface area contributed by atoms with Gasteiger partial charge in [0.05, 0.1) is 11.7 Å². The van der Waals surface area contributed by atoms with Gasteiger partial charge in [-0.05, 0) is 19.8 Å². The average molecular weight is 423 g/mol. The summed E-state index contributed by atoms with van der Waals surface area (Å²) in [5.74, 6) is -2.44. The highest BCUT2D eigenvalue weighted by atomic mass is 31.2. The van der Waals surface area contributed by atoms with Gasteiger partial charge in [0.15, 0.2) is 5.85 Å². The van der Waals surface area contributed by atoms with Crippen LogP contribution in [-0.2, 0) is 13.8 Å². The molecule has 0 radical (unpaired) electrons. The van der Waals surface area contributed by atoms with Crippen molar-refractivity contribution in [2.75, 3.05) is 0 Å². The van der Waals surface area contributed by atoms with Crippen LogP contribution >= 0.6 is 7.60 Å². The summed E-state index contributed by atoms with van der Waals surface area (Å²) in [6, 6.07) is 0.707. The molecule has 160 valence electrons. The first-order chi connectivity index (χ1) is 12.9. The summed E-state index contributed by atoms with van der Waals surface area (Å²) in [6.45, 7) is 4.74. The number of hydrogen-bond acceptors (Lipinski definition) is 7. The van der Waals surface area contributed by atoms with Crippen molar-refractivity contribution in [1.82, 2.24) is 4.98 Å². The molecule has 28 heavy (non-hydrogen) atoms. The van der Waals surface area contributed by atoms with Crippen LogP contribution in [0.25, 0.3) is 0 Å². The summed E-state index contributed by atoms with van der Waals surface area (Å²) in [5.41, 5.74) is -2.04. The second-order valence-corrected chi connectivity index (χ2v) is 9.14. The molecule has 0 amide bonds. The standard InChI is InChI=1S/C17H27FNO8P/c1-4-13(21)28(24,25)27-17(3,5-2)7-11-14(22)15(23)16(26-11)9-8-19-12(20)6-10(9)18/h6,8,11,13-16,21-23H,4-5,7H2,1-3H3,(H,19,20)(H,24,25)/t11-,13?,14?,15+,16+,17?/m1/s1. The number of nitrogens with one attached hydrogen (secondary N) is 1. The van der Waals surface area contributed by atoms with Gasteiger partial charge in [0.25, 0.3) is 5.56 Å². The number of halogens is 1. The summed E-state index contributed by atoms with van der Waals surface area (Å²) >= 11 is 0. The summed E-state index contributed by atoms with van der Waals surface area (Å²) in [5, 5.41) is 30.3. The number of aliphatic hydroxyl groups excluding tert-OH is 3. The average Bonchev–Trinajstić information content (AvgIpc) is 2.88. The molecule has 7 atom stereocenters. The first-order valence-corrected chi connectivity index (χ1v) is 10.7. The van der Waals surface area contributed by atoms with Gasteiger partial charge in [-0.1, -0.05) is 13.8 Å². The van der Waals surface area contributed by atoms with E-state index in [1.807, 2.05) is 0 Å². The summed E-state index contributed by atoms with van der Waals surface area (Å²) < 4.78 is 37.3. The Hall–Kier alpha value is -1.13. The van der Waals surface area contributed by atoms with Crippen molar-refractivity contribution in [3.05, 3.63) is 34.0 Å². The molecular weight excluding hydrogens is 396 g/mol. The predicted molar refractivity (Wildman–Crippen MR) is 97.2 cm³/mol. The smallest absolute Gasteiger partial charge is 0.356 e. The Balaban J connectivity index is 2.20. The third-order valence-electron chi connectivity index (χ3n) is 5.05. The number of aromatic nitrogens is 1. The SMILES string of the molecule is CCC(O)P(=O)(O)OC(C)(CC)C[C@H]1O[C@@H](c2c[nH]c(=O)cc2F)[C@@H](O)C1O. The molecule has 1 aromatic rings. The number of ether oxygens (including phenoxy) is 1. The molecule has 0 aliphatic carbocycles. The van der Waals surface area contributed by atoms with Gasteiger partial charge in [0.2, 0.25) is 0 Å². The Morgan fingerprint density at radius 2 is 2.04 bits per heavy atom. The van der Waals surface area contributed by atoms with Gasteiger partial charge in [-0.2, -0.15) is 0 Å². The van der Waals surface area contributed by atoms with Crippen molar-refractivity contribution in [2.24, 2.45) is 0 Å². The maximum absolute atomic E-state index is 14.1. The van der Waals surface area contributed by atoms with Crippen LogP contribution in [0.5, 0.6) is 0 Å². The zero-order valence-electron chi connectivity index (χ0n) is 15.9. The number of aliphatic hydroxyl groups is 3. The highest BCUT2D eigenvalue weighted by molar-refractivity contribution is 7.53. The summed E-state index contributed by atoms with van der Waals surface area (Å²) in [6.07, 6.45) is -3.93. The minimum Gasteiger partial charge on any atom is -0.388 e. The van der Waals surface area contributed by atoms with E-state index >= 15 is 0 Å². The molecule has 0 aromatic carbocycles. The zero-order valence-corrected chi connectivity index (χ0v) is 16.8. The number of pyridine rings is 1. The number of aromatic amines is 1. The highest BCUT2D eigenvalue weighted by Gasteiger charge is 2.48. The largest absolute Gasteiger partial charge is 0.388 e. The van der Waals surface area contributed by atoms with Crippen LogP contribution in [0.1, 0.15) is 51.7 Å². The number of H-pyrrole nitrogens is 1. The van der Waals surface area contributed by atoms with Crippen molar-refractivity contribution in [2.45, 2.75) is 75.9 Å². The molecule has 2 heterocycles. The van der Waals surface area contributed by atoms with Crippen molar-refractivity contribution < 1.29 is 38.4 Å². The fourth-order valence-corrected chi connectivity index (χ4v) is 4.55. The minimum atomic E-state index is -4.34. The minimum absolute atomic E-state index is 0.0163. The lowest BCUT2D eigenvalue weighted by molar-refractivity contribution is -0.0499. The van der Waals surface area contributed by atoms with Crippen LogP contribution in [0.2, 0.25) is 0 Å². The van der Waals surface area contributed by atoms with Crippen molar-refractivity contribution in [3.63, 3.8) is 0 Å². The van der Waals surface area contributed by atoms with E-state index in [1.54, 1.807) is 6.92 Å². The Bertz CT molecular complexity index is 789. The number of rotatable bonds is 8. The predicted octanol–water partition coefficient (Wildman–Crippen LogP) is 1.16. The monoisotopic (exact) mass is 423 g/mol. The Morgan fingerprint density at radius 1 is 1.39 bits per heavy atom. The lowest BCUT2D eigenvalue weighted by Crippen LogP contribution is -2.39. The van der Waals surface area contributed by atoms with Gasteiger partial charge < -0.3 is 34.5 Å². The van der Waals surface area contributed by atoms with E-state index in [-0.39, 0.29) is 24.8 Å². The molecule has 1 saturated heterocycles. The van der Waals surface area contributed by atoms with Crippen LogP contribution in [0.3, 0.4) is 0 Å². The topological polar surface area (TPSA) is 149 Å². The van der Waals surface area contributed by atoms with Crippen LogP contribution in [0.4, 0.5) is 4.39 Å². The van der Waals surface area contributed by atoms with Crippen LogP contribution in [0, 0.1) is 5.82 Å².